The third kappa shape index (κ3) is 5.05. The molecule has 0 radical (unpaired) electrons. The number of hydrogen-bond acceptors (Lipinski definition) is 6. The van der Waals surface area contributed by atoms with Gasteiger partial charge in [-0.3, -0.25) is 0 Å². The van der Waals surface area contributed by atoms with Gasteiger partial charge in [0.2, 0.25) is 5.95 Å². The quantitative estimate of drug-likeness (QED) is 0.317. The van der Waals surface area contributed by atoms with Gasteiger partial charge in [-0.2, -0.15) is 5.10 Å². The molecule has 0 aliphatic carbocycles. The van der Waals surface area contributed by atoms with Crippen molar-refractivity contribution in [3.63, 3.8) is 0 Å². The van der Waals surface area contributed by atoms with Gasteiger partial charge < -0.3 is 9.84 Å². The van der Waals surface area contributed by atoms with E-state index in [9.17, 15) is 5.11 Å². The van der Waals surface area contributed by atoms with E-state index in [1.165, 1.54) is 6.21 Å². The zero-order chi connectivity index (χ0) is 21.5. The topological polar surface area (TPSA) is 79.6 Å². The van der Waals surface area contributed by atoms with Crippen molar-refractivity contribution in [2.45, 2.75) is 6.92 Å². The van der Waals surface area contributed by atoms with Crippen molar-refractivity contribution in [3.05, 3.63) is 90.5 Å². The van der Waals surface area contributed by atoms with Gasteiger partial charge in [-0.05, 0) is 25.1 Å². The summed E-state index contributed by atoms with van der Waals surface area (Å²) in [4.78, 5) is 9.21. The van der Waals surface area contributed by atoms with Gasteiger partial charge in [-0.15, -0.1) is 0 Å². The summed E-state index contributed by atoms with van der Waals surface area (Å²) in [6.07, 6.45) is 1.52. The number of nitrogens with one attached hydrogen (secondary N) is 1. The molecule has 0 aliphatic heterocycles. The van der Waals surface area contributed by atoms with Gasteiger partial charge in [0.1, 0.15) is 11.5 Å². The fourth-order valence-electron chi connectivity index (χ4n) is 3.06. The Morgan fingerprint density at radius 1 is 0.871 bits per heavy atom. The average molecular weight is 410 g/mol. The van der Waals surface area contributed by atoms with Crippen LogP contribution < -0.4 is 10.2 Å². The van der Waals surface area contributed by atoms with E-state index < -0.39 is 0 Å². The summed E-state index contributed by atoms with van der Waals surface area (Å²) in [5.41, 5.74) is 6.98. The van der Waals surface area contributed by atoms with Gasteiger partial charge in [0.25, 0.3) is 0 Å². The van der Waals surface area contributed by atoms with E-state index in [-0.39, 0.29) is 5.75 Å². The third-order valence-corrected chi connectivity index (χ3v) is 4.55. The van der Waals surface area contributed by atoms with Gasteiger partial charge in [-0.1, -0.05) is 60.7 Å². The smallest absolute Gasteiger partial charge is 0.244 e. The average Bonchev–Trinajstić information content (AvgIpc) is 2.82. The predicted octanol–water partition coefficient (Wildman–Crippen LogP) is 5.36. The fourth-order valence-corrected chi connectivity index (χ4v) is 3.06. The molecule has 2 N–H and O–H groups in total. The maximum Gasteiger partial charge on any atom is 0.244 e. The normalized spacial score (nSPS) is 10.9. The van der Waals surface area contributed by atoms with Crippen LogP contribution in [0, 0.1) is 0 Å². The lowest BCUT2D eigenvalue weighted by Crippen LogP contribution is -2.00. The number of aromatic nitrogens is 2. The highest BCUT2D eigenvalue weighted by molar-refractivity contribution is 5.84. The van der Waals surface area contributed by atoms with E-state index in [0.29, 0.717) is 23.9 Å². The van der Waals surface area contributed by atoms with E-state index >= 15 is 0 Å². The number of phenols is 1. The molecule has 31 heavy (non-hydrogen) atoms. The van der Waals surface area contributed by atoms with E-state index in [0.717, 1.165) is 22.5 Å². The second-order valence-corrected chi connectivity index (χ2v) is 6.72. The molecule has 6 nitrogen and oxygen atoms in total. The lowest BCUT2D eigenvalue weighted by Gasteiger charge is -2.08. The van der Waals surface area contributed by atoms with Crippen LogP contribution in [-0.4, -0.2) is 27.9 Å². The Labute approximate surface area is 180 Å². The molecule has 154 valence electrons. The van der Waals surface area contributed by atoms with Crippen molar-refractivity contribution in [1.29, 1.82) is 0 Å². The zero-order valence-corrected chi connectivity index (χ0v) is 17.1. The van der Waals surface area contributed by atoms with Crippen molar-refractivity contribution < 1.29 is 9.84 Å². The highest BCUT2D eigenvalue weighted by atomic mass is 16.5. The van der Waals surface area contributed by atoms with Gasteiger partial charge in [0.05, 0.1) is 24.2 Å². The minimum atomic E-state index is 0.0837. The van der Waals surface area contributed by atoms with E-state index in [4.69, 9.17) is 4.74 Å². The van der Waals surface area contributed by atoms with Crippen LogP contribution in [-0.2, 0) is 0 Å². The molecule has 0 bridgehead atoms. The maximum atomic E-state index is 10.2. The Morgan fingerprint density at radius 3 is 2.03 bits per heavy atom. The summed E-state index contributed by atoms with van der Waals surface area (Å²) < 4.78 is 5.39. The Hall–Kier alpha value is -4.19. The molecule has 4 aromatic rings. The van der Waals surface area contributed by atoms with Crippen molar-refractivity contribution >= 4 is 12.2 Å². The number of aromatic hydroxyl groups is 1. The van der Waals surface area contributed by atoms with Gasteiger partial charge in [-0.25, -0.2) is 15.4 Å². The molecule has 1 heterocycles. The molecule has 0 aliphatic rings. The van der Waals surface area contributed by atoms with Gasteiger partial charge in [0, 0.05) is 22.8 Å². The first-order valence-corrected chi connectivity index (χ1v) is 9.98. The number of anilines is 1. The highest BCUT2D eigenvalue weighted by Crippen LogP contribution is 2.25. The molecule has 0 saturated carbocycles. The van der Waals surface area contributed by atoms with Crippen molar-refractivity contribution in [2.24, 2.45) is 5.10 Å². The number of ether oxygens (including phenoxy) is 1. The summed E-state index contributed by atoms with van der Waals surface area (Å²) in [6.45, 7) is 2.43. The summed E-state index contributed by atoms with van der Waals surface area (Å²) in [6, 6.07) is 26.9. The van der Waals surface area contributed by atoms with E-state index in [1.54, 1.807) is 18.2 Å². The second kappa shape index (κ2) is 9.54. The predicted molar refractivity (Wildman–Crippen MR) is 123 cm³/mol. The number of hydrazone groups is 1. The minimum Gasteiger partial charge on any atom is -0.507 e. The summed E-state index contributed by atoms with van der Waals surface area (Å²) in [7, 11) is 0. The second-order valence-electron chi connectivity index (χ2n) is 6.72. The summed E-state index contributed by atoms with van der Waals surface area (Å²) in [5.74, 6) is 1.05. The number of phenolic OH excluding ortho intramolecular Hbond substituents is 1. The Balaban J connectivity index is 1.62. The van der Waals surface area contributed by atoms with E-state index in [1.807, 2.05) is 73.7 Å². The summed E-state index contributed by atoms with van der Waals surface area (Å²) in [5, 5.41) is 14.4. The SMILES string of the molecule is CCOc1ccc(/C=N/Nc2nc(-c3ccccc3)cc(-c3ccccc3)n2)c(O)c1. The molecule has 0 saturated heterocycles. The molecule has 0 fully saturated rings. The molecule has 4 rings (SSSR count). The molecule has 1 aromatic heterocycles. The molecule has 3 aromatic carbocycles. The van der Waals surface area contributed by atoms with Crippen molar-refractivity contribution in [2.75, 3.05) is 12.0 Å². The van der Waals surface area contributed by atoms with Crippen LogP contribution in [0.15, 0.2) is 90.0 Å². The number of nitrogens with zero attached hydrogens (tertiary/aromatic N) is 3. The Bertz CT molecular complexity index is 1120. The molecule has 6 heteroatoms. The van der Waals surface area contributed by atoms with Gasteiger partial charge >= 0.3 is 0 Å². The number of rotatable bonds is 7. The van der Waals surface area contributed by atoms with E-state index in [2.05, 4.69) is 20.5 Å². The molecular weight excluding hydrogens is 388 g/mol. The molecule has 0 spiro atoms. The first kappa shape index (κ1) is 20.1. The maximum absolute atomic E-state index is 10.2. The van der Waals surface area contributed by atoms with Crippen molar-refractivity contribution in [1.82, 2.24) is 9.97 Å². The number of benzene rings is 3. The van der Waals surface area contributed by atoms with Crippen LogP contribution in [0.2, 0.25) is 0 Å². The highest BCUT2D eigenvalue weighted by Gasteiger charge is 2.08. The Morgan fingerprint density at radius 2 is 1.48 bits per heavy atom. The first-order valence-electron chi connectivity index (χ1n) is 9.98. The van der Waals surface area contributed by atoms with Gasteiger partial charge in [0.15, 0.2) is 0 Å². The standard InChI is InChI=1S/C25H22N4O2/c1-2-31-21-14-13-20(24(30)15-21)17-26-29-25-27-22(18-9-5-3-6-10-18)16-23(28-25)19-11-7-4-8-12-19/h3-17,30H,2H2,1H3,(H,27,28,29)/b26-17+. The van der Waals surface area contributed by atoms with Crippen LogP contribution in [0.25, 0.3) is 22.5 Å². The minimum absolute atomic E-state index is 0.0837. The first-order chi connectivity index (χ1) is 15.2. The molecule has 0 atom stereocenters. The summed E-state index contributed by atoms with van der Waals surface area (Å²) >= 11 is 0. The van der Waals surface area contributed by atoms with Crippen LogP contribution >= 0.6 is 0 Å². The van der Waals surface area contributed by atoms with Crippen LogP contribution in [0.4, 0.5) is 5.95 Å². The largest absolute Gasteiger partial charge is 0.507 e. The third-order valence-electron chi connectivity index (χ3n) is 4.55. The molecule has 0 unspecified atom stereocenters. The fraction of sp³-hybridized carbons (Fsp3) is 0.0800. The lowest BCUT2D eigenvalue weighted by molar-refractivity contribution is 0.337. The Kier molecular flexibility index (Phi) is 6.18. The zero-order valence-electron chi connectivity index (χ0n) is 17.1. The van der Waals surface area contributed by atoms with Crippen LogP contribution in [0.3, 0.4) is 0 Å². The molecular formula is C25H22N4O2. The lowest BCUT2D eigenvalue weighted by atomic mass is 10.1. The van der Waals surface area contributed by atoms with Crippen LogP contribution in [0.5, 0.6) is 11.5 Å². The van der Waals surface area contributed by atoms with Crippen LogP contribution in [0.1, 0.15) is 12.5 Å². The monoisotopic (exact) mass is 410 g/mol. The number of hydrogen-bond donors (Lipinski definition) is 2. The molecule has 0 amide bonds. The van der Waals surface area contributed by atoms with Crippen molar-refractivity contribution in [3.8, 4) is 34.0 Å².